The highest BCUT2D eigenvalue weighted by Gasteiger charge is 2.11. The van der Waals surface area contributed by atoms with E-state index in [4.69, 9.17) is 10.5 Å². The van der Waals surface area contributed by atoms with Gasteiger partial charge in [-0.2, -0.15) is 0 Å². The number of morpholine rings is 1. The molecular weight excluding hydrogens is 344 g/mol. The monoisotopic (exact) mass is 364 g/mol. The van der Waals surface area contributed by atoms with Crippen LogP contribution in [-0.2, 0) is 11.3 Å². The molecule has 3 aromatic rings. The van der Waals surface area contributed by atoms with Crippen LogP contribution >= 0.6 is 0 Å². The summed E-state index contributed by atoms with van der Waals surface area (Å²) in [7, 11) is 0. The Kier molecular flexibility index (Phi) is 5.13. The minimum absolute atomic E-state index is 0.375. The van der Waals surface area contributed by atoms with Crippen molar-refractivity contribution in [2.45, 2.75) is 6.54 Å². The number of nitrogen functional groups attached to an aromatic ring is 1. The van der Waals surface area contributed by atoms with Crippen molar-refractivity contribution in [2.24, 2.45) is 0 Å². The van der Waals surface area contributed by atoms with Crippen molar-refractivity contribution in [3.05, 3.63) is 48.8 Å². The van der Waals surface area contributed by atoms with Gasteiger partial charge in [-0.25, -0.2) is 24.9 Å². The molecule has 3 aromatic heterocycles. The Bertz CT molecular complexity index is 896. The van der Waals surface area contributed by atoms with E-state index in [1.165, 1.54) is 18.2 Å². The van der Waals surface area contributed by atoms with Gasteiger partial charge in [0.05, 0.1) is 24.5 Å². The largest absolute Gasteiger partial charge is 0.383 e. The van der Waals surface area contributed by atoms with Crippen LogP contribution in [-0.4, -0.2) is 56.1 Å². The van der Waals surface area contributed by atoms with Gasteiger partial charge in [-0.05, 0) is 11.6 Å². The average Bonchev–Trinajstić information content (AvgIpc) is 2.71. The van der Waals surface area contributed by atoms with Crippen LogP contribution in [0.5, 0.6) is 0 Å². The third kappa shape index (κ3) is 4.33. The van der Waals surface area contributed by atoms with E-state index < -0.39 is 0 Å². The van der Waals surface area contributed by atoms with Gasteiger partial charge in [-0.15, -0.1) is 0 Å². The van der Waals surface area contributed by atoms with Crippen molar-refractivity contribution in [2.75, 3.05) is 37.4 Å². The summed E-state index contributed by atoms with van der Waals surface area (Å²) < 4.78 is 5.38. The van der Waals surface area contributed by atoms with Gasteiger partial charge in [0.15, 0.2) is 0 Å². The van der Waals surface area contributed by atoms with Crippen molar-refractivity contribution < 1.29 is 4.74 Å². The maximum absolute atomic E-state index is 5.89. The Labute approximate surface area is 156 Å². The Morgan fingerprint density at radius 3 is 2.67 bits per heavy atom. The molecular formula is C18H20N8O. The zero-order valence-corrected chi connectivity index (χ0v) is 14.7. The van der Waals surface area contributed by atoms with Crippen molar-refractivity contribution in [1.82, 2.24) is 29.8 Å². The van der Waals surface area contributed by atoms with Crippen LogP contribution < -0.4 is 11.1 Å². The average molecular weight is 364 g/mol. The molecule has 27 heavy (non-hydrogen) atoms. The van der Waals surface area contributed by atoms with E-state index in [-0.39, 0.29) is 0 Å². The number of ether oxygens (including phenoxy) is 1. The highest BCUT2D eigenvalue weighted by molar-refractivity contribution is 5.71. The maximum atomic E-state index is 5.89. The quantitative estimate of drug-likeness (QED) is 0.694. The molecule has 0 spiro atoms. The molecule has 0 aliphatic carbocycles. The first-order valence-corrected chi connectivity index (χ1v) is 8.68. The summed E-state index contributed by atoms with van der Waals surface area (Å²) in [6.07, 6.45) is 6.38. The number of rotatable bonds is 5. The van der Waals surface area contributed by atoms with E-state index in [0.717, 1.165) is 32.8 Å². The first-order valence-electron chi connectivity index (χ1n) is 8.68. The fourth-order valence-electron chi connectivity index (χ4n) is 2.85. The van der Waals surface area contributed by atoms with Crippen LogP contribution in [0.15, 0.2) is 43.2 Å². The summed E-state index contributed by atoms with van der Waals surface area (Å²) >= 11 is 0. The minimum atomic E-state index is 0.375. The van der Waals surface area contributed by atoms with Crippen molar-refractivity contribution in [3.8, 4) is 11.3 Å². The molecule has 138 valence electrons. The molecule has 4 heterocycles. The maximum Gasteiger partial charge on any atom is 0.136 e. The van der Waals surface area contributed by atoms with Crippen LogP contribution in [0.2, 0.25) is 0 Å². The summed E-state index contributed by atoms with van der Waals surface area (Å²) in [4.78, 5) is 23.3. The Balaban J connectivity index is 1.44. The Morgan fingerprint density at radius 2 is 1.89 bits per heavy atom. The normalized spacial score (nSPS) is 14.8. The van der Waals surface area contributed by atoms with Crippen LogP contribution in [0.3, 0.4) is 0 Å². The molecule has 0 saturated carbocycles. The first kappa shape index (κ1) is 17.3. The molecule has 0 bridgehead atoms. The van der Waals surface area contributed by atoms with Crippen molar-refractivity contribution in [3.63, 3.8) is 0 Å². The fraction of sp³-hybridized carbons (Fsp3) is 0.278. The number of hydrogen-bond acceptors (Lipinski definition) is 9. The second kappa shape index (κ2) is 8.02. The molecule has 0 amide bonds. The van der Waals surface area contributed by atoms with Gasteiger partial charge in [0, 0.05) is 38.1 Å². The molecule has 0 aromatic carbocycles. The zero-order valence-electron chi connectivity index (χ0n) is 14.7. The van der Waals surface area contributed by atoms with Gasteiger partial charge >= 0.3 is 0 Å². The predicted molar refractivity (Wildman–Crippen MR) is 101 cm³/mol. The van der Waals surface area contributed by atoms with E-state index in [9.17, 15) is 0 Å². The zero-order chi connectivity index (χ0) is 18.5. The molecule has 3 N–H and O–H groups in total. The molecule has 0 radical (unpaired) electrons. The molecule has 1 fully saturated rings. The van der Waals surface area contributed by atoms with Crippen LogP contribution in [0.25, 0.3) is 11.3 Å². The smallest absolute Gasteiger partial charge is 0.136 e. The van der Waals surface area contributed by atoms with E-state index in [1.807, 2.05) is 12.3 Å². The van der Waals surface area contributed by atoms with Gasteiger partial charge in [-0.1, -0.05) is 6.07 Å². The summed E-state index contributed by atoms with van der Waals surface area (Å²) in [6, 6.07) is 5.80. The highest BCUT2D eigenvalue weighted by Crippen LogP contribution is 2.23. The molecule has 1 aliphatic heterocycles. The first-order chi connectivity index (χ1) is 13.3. The number of nitrogens with one attached hydrogen (secondary N) is 1. The van der Waals surface area contributed by atoms with Gasteiger partial charge in [-0.3, -0.25) is 4.90 Å². The summed E-state index contributed by atoms with van der Waals surface area (Å²) in [6.45, 7) is 4.37. The third-order valence-electron chi connectivity index (χ3n) is 4.28. The second-order valence-electron chi connectivity index (χ2n) is 6.18. The van der Waals surface area contributed by atoms with Gasteiger partial charge in [0.2, 0.25) is 0 Å². The number of aromatic nitrogens is 5. The lowest BCUT2D eigenvalue weighted by Gasteiger charge is -2.26. The number of pyridine rings is 1. The van der Waals surface area contributed by atoms with Gasteiger partial charge in [0.1, 0.15) is 30.1 Å². The van der Waals surface area contributed by atoms with Crippen LogP contribution in [0, 0.1) is 0 Å². The van der Waals surface area contributed by atoms with Crippen LogP contribution in [0.4, 0.5) is 17.5 Å². The number of nitrogens with zero attached hydrogens (tertiary/aromatic N) is 6. The van der Waals surface area contributed by atoms with E-state index in [2.05, 4.69) is 41.2 Å². The lowest BCUT2D eigenvalue weighted by atomic mass is 10.2. The van der Waals surface area contributed by atoms with Gasteiger partial charge in [0.25, 0.3) is 0 Å². The molecule has 0 atom stereocenters. The summed E-state index contributed by atoms with van der Waals surface area (Å²) in [5.74, 6) is 1.71. The standard InChI is InChI=1S/C18H20N8O/c19-18-14(9-20-11-24-18)15-7-17(23-12-22-15)25-16-2-1-13(8-21-16)10-26-3-5-27-6-4-26/h1-2,7-9,11-12H,3-6,10H2,(H2,19,20,24)(H,21,22,23,25). The molecule has 1 aliphatic rings. The fourth-order valence-corrected chi connectivity index (χ4v) is 2.85. The molecule has 4 rings (SSSR count). The molecule has 1 saturated heterocycles. The highest BCUT2D eigenvalue weighted by atomic mass is 16.5. The Hall–Kier alpha value is -3.17. The lowest BCUT2D eigenvalue weighted by Crippen LogP contribution is -2.35. The van der Waals surface area contributed by atoms with E-state index >= 15 is 0 Å². The molecule has 9 heteroatoms. The lowest BCUT2D eigenvalue weighted by molar-refractivity contribution is 0.0341. The molecule has 0 unspecified atom stereocenters. The molecule has 9 nitrogen and oxygen atoms in total. The number of nitrogens with two attached hydrogens (primary N) is 1. The SMILES string of the molecule is Nc1ncncc1-c1cc(Nc2ccc(CN3CCOCC3)cn2)ncn1. The van der Waals surface area contributed by atoms with Crippen molar-refractivity contribution >= 4 is 17.5 Å². The topological polar surface area (TPSA) is 115 Å². The second-order valence-corrected chi connectivity index (χ2v) is 6.18. The van der Waals surface area contributed by atoms with E-state index in [1.54, 1.807) is 12.3 Å². The minimum Gasteiger partial charge on any atom is -0.383 e. The number of hydrogen-bond donors (Lipinski definition) is 2. The van der Waals surface area contributed by atoms with Crippen molar-refractivity contribution in [1.29, 1.82) is 0 Å². The van der Waals surface area contributed by atoms with Crippen LogP contribution in [0.1, 0.15) is 5.56 Å². The third-order valence-corrected chi connectivity index (χ3v) is 4.28. The summed E-state index contributed by atoms with van der Waals surface area (Å²) in [5.41, 5.74) is 8.37. The summed E-state index contributed by atoms with van der Waals surface area (Å²) in [5, 5.41) is 3.19. The van der Waals surface area contributed by atoms with E-state index in [0.29, 0.717) is 28.7 Å². The predicted octanol–water partition coefficient (Wildman–Crippen LogP) is 1.49. The Morgan fingerprint density at radius 1 is 1.00 bits per heavy atom. The van der Waals surface area contributed by atoms with Gasteiger partial charge < -0.3 is 15.8 Å². The number of anilines is 3.